The third kappa shape index (κ3) is 13.2. The predicted octanol–water partition coefficient (Wildman–Crippen LogP) is 1.46. The highest BCUT2D eigenvalue weighted by Gasteiger charge is 2.27. The minimum absolute atomic E-state index is 0.104. The molecule has 0 aromatic rings. The lowest BCUT2D eigenvalue weighted by Gasteiger charge is -2.09. The van der Waals surface area contributed by atoms with Crippen LogP contribution in [0.2, 0.25) is 0 Å². The van der Waals surface area contributed by atoms with Crippen molar-refractivity contribution in [3.8, 4) is 0 Å². The van der Waals surface area contributed by atoms with Crippen LogP contribution in [0.25, 0.3) is 0 Å². The Hall–Kier alpha value is -0.820. The van der Waals surface area contributed by atoms with Crippen molar-refractivity contribution in [1.29, 1.82) is 0 Å². The van der Waals surface area contributed by atoms with E-state index in [2.05, 4.69) is 15.4 Å². The fourth-order valence-corrected chi connectivity index (χ4v) is 1.18. The second kappa shape index (κ2) is 9.16. The highest BCUT2D eigenvalue weighted by molar-refractivity contribution is 5.75. The smallest absolute Gasteiger partial charge is 0.370 e. The summed E-state index contributed by atoms with van der Waals surface area (Å²) in [5.74, 6) is -0.170. The Kier molecular flexibility index (Phi) is 8.74. The Balaban J connectivity index is 3.32. The number of halogens is 3. The molecule has 4 nitrogen and oxygen atoms in total. The molecule has 0 spiro atoms. The van der Waals surface area contributed by atoms with E-state index >= 15 is 0 Å². The van der Waals surface area contributed by atoms with Crippen molar-refractivity contribution >= 4 is 5.91 Å². The Morgan fingerprint density at radius 1 is 1.28 bits per heavy atom. The first kappa shape index (κ1) is 17.2. The first-order valence-corrected chi connectivity index (χ1v) is 5.96. The van der Waals surface area contributed by atoms with Crippen molar-refractivity contribution in [3.05, 3.63) is 0 Å². The molecule has 2 N–H and O–H groups in total. The molecule has 0 aromatic heterocycles. The molecule has 0 unspecified atom stereocenters. The average molecular weight is 270 g/mol. The SMILES string of the molecule is CC(C)NCCCC(=O)NCCOCC(F)(F)F. The number of carbonyl (C=O) groups excluding carboxylic acids is 1. The van der Waals surface area contributed by atoms with E-state index in [0.717, 1.165) is 6.54 Å². The molecule has 0 saturated carbocycles. The van der Waals surface area contributed by atoms with Crippen LogP contribution >= 0.6 is 0 Å². The summed E-state index contributed by atoms with van der Waals surface area (Å²) in [5.41, 5.74) is 0. The van der Waals surface area contributed by atoms with Crippen molar-refractivity contribution in [2.24, 2.45) is 0 Å². The molecule has 18 heavy (non-hydrogen) atoms. The van der Waals surface area contributed by atoms with Crippen LogP contribution in [-0.4, -0.2) is 44.4 Å². The van der Waals surface area contributed by atoms with Crippen LogP contribution in [-0.2, 0) is 9.53 Å². The molecule has 0 radical (unpaired) electrons. The van der Waals surface area contributed by atoms with Crippen LogP contribution in [0.3, 0.4) is 0 Å². The summed E-state index contributed by atoms with van der Waals surface area (Å²) in [4.78, 5) is 11.2. The number of hydrogen-bond acceptors (Lipinski definition) is 3. The highest BCUT2D eigenvalue weighted by atomic mass is 19.4. The number of ether oxygens (including phenoxy) is 1. The van der Waals surface area contributed by atoms with Crippen molar-refractivity contribution in [3.63, 3.8) is 0 Å². The van der Waals surface area contributed by atoms with Gasteiger partial charge in [0.15, 0.2) is 0 Å². The van der Waals surface area contributed by atoms with Crippen LogP contribution in [0.4, 0.5) is 13.2 Å². The first-order chi connectivity index (χ1) is 8.31. The van der Waals surface area contributed by atoms with E-state index < -0.39 is 12.8 Å². The predicted molar refractivity (Wildman–Crippen MR) is 62.3 cm³/mol. The van der Waals surface area contributed by atoms with Gasteiger partial charge in [0, 0.05) is 19.0 Å². The van der Waals surface area contributed by atoms with Crippen LogP contribution in [0.1, 0.15) is 26.7 Å². The number of rotatable bonds is 9. The minimum atomic E-state index is -4.31. The molecule has 7 heteroatoms. The zero-order valence-electron chi connectivity index (χ0n) is 10.8. The average Bonchev–Trinajstić information content (AvgIpc) is 2.22. The summed E-state index contributed by atoms with van der Waals surface area (Å²) in [6.07, 6.45) is -3.25. The second-order valence-corrected chi connectivity index (χ2v) is 4.23. The van der Waals surface area contributed by atoms with Gasteiger partial charge in [-0.2, -0.15) is 13.2 Å². The number of alkyl halides is 3. The molecule has 0 aliphatic heterocycles. The summed E-state index contributed by atoms with van der Waals surface area (Å²) in [7, 11) is 0. The molecule has 0 aromatic carbocycles. The molecule has 0 saturated heterocycles. The van der Waals surface area contributed by atoms with Crippen LogP contribution in [0, 0.1) is 0 Å². The maximum Gasteiger partial charge on any atom is 0.411 e. The van der Waals surface area contributed by atoms with E-state index in [9.17, 15) is 18.0 Å². The third-order valence-corrected chi connectivity index (χ3v) is 1.97. The van der Waals surface area contributed by atoms with Gasteiger partial charge < -0.3 is 15.4 Å². The number of hydrogen-bond donors (Lipinski definition) is 2. The minimum Gasteiger partial charge on any atom is -0.370 e. The van der Waals surface area contributed by atoms with Crippen molar-refractivity contribution in [1.82, 2.24) is 10.6 Å². The van der Waals surface area contributed by atoms with Gasteiger partial charge in [-0.25, -0.2) is 0 Å². The molecule has 0 heterocycles. The molecule has 0 aliphatic rings. The van der Waals surface area contributed by atoms with Gasteiger partial charge in [0.2, 0.25) is 5.91 Å². The van der Waals surface area contributed by atoms with E-state index in [1.54, 1.807) is 0 Å². The lowest BCUT2D eigenvalue weighted by Crippen LogP contribution is -2.30. The molecule has 0 fully saturated rings. The topological polar surface area (TPSA) is 50.4 Å². The molecular weight excluding hydrogens is 249 g/mol. The van der Waals surface area contributed by atoms with Crippen LogP contribution < -0.4 is 10.6 Å². The van der Waals surface area contributed by atoms with Gasteiger partial charge in [-0.15, -0.1) is 0 Å². The Labute approximate surface area is 105 Å². The first-order valence-electron chi connectivity index (χ1n) is 5.96. The van der Waals surface area contributed by atoms with Gasteiger partial charge >= 0.3 is 6.18 Å². The van der Waals surface area contributed by atoms with E-state index in [-0.39, 0.29) is 19.1 Å². The van der Waals surface area contributed by atoms with E-state index in [4.69, 9.17) is 0 Å². The summed E-state index contributed by atoms with van der Waals surface area (Å²) >= 11 is 0. The molecule has 108 valence electrons. The Morgan fingerprint density at radius 2 is 1.94 bits per heavy atom. The summed E-state index contributed by atoms with van der Waals surface area (Å²) in [5, 5.41) is 5.66. The van der Waals surface area contributed by atoms with E-state index in [0.29, 0.717) is 18.9 Å². The summed E-state index contributed by atoms with van der Waals surface area (Å²) < 4.78 is 39.4. The van der Waals surface area contributed by atoms with E-state index in [1.807, 2.05) is 13.8 Å². The quantitative estimate of drug-likeness (QED) is 0.624. The molecule has 0 rings (SSSR count). The third-order valence-electron chi connectivity index (χ3n) is 1.97. The maximum absolute atomic E-state index is 11.7. The van der Waals surface area contributed by atoms with Crippen LogP contribution in [0.15, 0.2) is 0 Å². The van der Waals surface area contributed by atoms with Gasteiger partial charge in [0.1, 0.15) is 6.61 Å². The van der Waals surface area contributed by atoms with Gasteiger partial charge in [0.25, 0.3) is 0 Å². The highest BCUT2D eigenvalue weighted by Crippen LogP contribution is 2.13. The zero-order chi connectivity index (χ0) is 14.0. The summed E-state index contributed by atoms with van der Waals surface area (Å²) in [6.45, 7) is 3.47. The normalized spacial score (nSPS) is 11.9. The molecule has 0 aliphatic carbocycles. The molecule has 0 atom stereocenters. The van der Waals surface area contributed by atoms with Gasteiger partial charge in [-0.05, 0) is 13.0 Å². The largest absolute Gasteiger partial charge is 0.411 e. The lowest BCUT2D eigenvalue weighted by molar-refractivity contribution is -0.173. The standard InChI is InChI=1S/C11H21F3N2O2/c1-9(2)15-5-3-4-10(17)16-6-7-18-8-11(12,13)14/h9,15H,3-8H2,1-2H3,(H,16,17). The van der Waals surface area contributed by atoms with Crippen molar-refractivity contribution < 1.29 is 22.7 Å². The Bertz CT molecular complexity index is 233. The second-order valence-electron chi connectivity index (χ2n) is 4.23. The van der Waals surface area contributed by atoms with Gasteiger partial charge in [-0.3, -0.25) is 4.79 Å². The zero-order valence-corrected chi connectivity index (χ0v) is 10.8. The summed E-state index contributed by atoms with van der Waals surface area (Å²) in [6, 6.07) is 0.379. The van der Waals surface area contributed by atoms with Crippen molar-refractivity contribution in [2.75, 3.05) is 26.3 Å². The maximum atomic E-state index is 11.7. The molecular formula is C11H21F3N2O2. The fraction of sp³-hybridized carbons (Fsp3) is 0.909. The monoisotopic (exact) mass is 270 g/mol. The van der Waals surface area contributed by atoms with Crippen molar-refractivity contribution in [2.45, 2.75) is 38.9 Å². The number of nitrogens with one attached hydrogen (secondary N) is 2. The molecule has 1 amide bonds. The van der Waals surface area contributed by atoms with Crippen LogP contribution in [0.5, 0.6) is 0 Å². The fourth-order valence-electron chi connectivity index (χ4n) is 1.18. The van der Waals surface area contributed by atoms with E-state index in [1.165, 1.54) is 0 Å². The van der Waals surface area contributed by atoms with Gasteiger partial charge in [-0.1, -0.05) is 13.8 Å². The number of amides is 1. The molecule has 0 bridgehead atoms. The number of carbonyl (C=O) groups is 1. The van der Waals surface area contributed by atoms with Gasteiger partial charge in [0.05, 0.1) is 6.61 Å². The Morgan fingerprint density at radius 3 is 2.50 bits per heavy atom. The lowest BCUT2D eigenvalue weighted by atomic mass is 10.2.